The van der Waals surface area contributed by atoms with Crippen LogP contribution < -0.4 is 5.56 Å². The first kappa shape index (κ1) is 9.57. The molecule has 2 atom stereocenters. The molecule has 16 heavy (non-hydrogen) atoms. The summed E-state index contributed by atoms with van der Waals surface area (Å²) >= 11 is 0. The molecule has 2 aliphatic heterocycles. The van der Waals surface area contributed by atoms with E-state index >= 15 is 0 Å². The number of nitroso groups, excluding NO2 is 1. The van der Waals surface area contributed by atoms with Crippen molar-refractivity contribution in [2.75, 3.05) is 13.1 Å². The summed E-state index contributed by atoms with van der Waals surface area (Å²) in [5.41, 5.74) is 1.12. The summed E-state index contributed by atoms with van der Waals surface area (Å²) in [7, 11) is 0. The van der Waals surface area contributed by atoms with Crippen molar-refractivity contribution in [1.82, 2.24) is 9.58 Å². The predicted molar refractivity (Wildman–Crippen MR) is 58.9 cm³/mol. The first-order chi connectivity index (χ1) is 7.78. The lowest BCUT2D eigenvalue weighted by molar-refractivity contribution is 0.122. The molecule has 3 heterocycles. The second kappa shape index (κ2) is 3.43. The van der Waals surface area contributed by atoms with E-state index in [1.807, 2.05) is 10.6 Å². The lowest BCUT2D eigenvalue weighted by Crippen LogP contribution is -2.44. The minimum Gasteiger partial charge on any atom is -0.312 e. The van der Waals surface area contributed by atoms with E-state index in [1.165, 1.54) is 0 Å². The zero-order chi connectivity index (χ0) is 11.1. The van der Waals surface area contributed by atoms with Crippen LogP contribution in [0.25, 0.3) is 0 Å². The fourth-order valence-corrected chi connectivity index (χ4v) is 2.94. The number of hydrogen-bond donors (Lipinski definition) is 0. The molecule has 3 rings (SSSR count). The van der Waals surface area contributed by atoms with Crippen molar-refractivity contribution in [3.05, 3.63) is 39.2 Å². The summed E-state index contributed by atoms with van der Waals surface area (Å²) in [5.74, 6) is 0.656. The number of pyridine rings is 1. The molecule has 84 valence electrons. The summed E-state index contributed by atoms with van der Waals surface area (Å²) < 4.78 is 1.85. The highest BCUT2D eigenvalue weighted by Crippen LogP contribution is 2.34. The van der Waals surface area contributed by atoms with Crippen LogP contribution in [0.2, 0.25) is 0 Å². The molecule has 1 aromatic rings. The van der Waals surface area contributed by atoms with Crippen molar-refractivity contribution in [2.24, 2.45) is 11.2 Å². The van der Waals surface area contributed by atoms with Gasteiger partial charge in [-0.05, 0) is 18.4 Å². The molecule has 5 nitrogen and oxygen atoms in total. The van der Waals surface area contributed by atoms with Gasteiger partial charge in [-0.15, -0.1) is 4.91 Å². The van der Waals surface area contributed by atoms with Crippen LogP contribution in [0.5, 0.6) is 0 Å². The summed E-state index contributed by atoms with van der Waals surface area (Å²) in [6, 6.07) is 5.37. The molecule has 0 unspecified atom stereocenters. The summed E-state index contributed by atoms with van der Waals surface area (Å²) in [5, 5.41) is 4.60. The van der Waals surface area contributed by atoms with Crippen LogP contribution in [0.1, 0.15) is 18.0 Å². The number of rotatable bonds is 1. The van der Waals surface area contributed by atoms with E-state index in [2.05, 4.69) is 5.29 Å². The maximum Gasteiger partial charge on any atom is 0.250 e. The predicted octanol–water partition coefficient (Wildman–Crippen LogP) is 0.949. The molecule has 1 fully saturated rings. The van der Waals surface area contributed by atoms with Gasteiger partial charge in [0.1, 0.15) is 0 Å². The Morgan fingerprint density at radius 1 is 1.25 bits per heavy atom. The van der Waals surface area contributed by atoms with Crippen molar-refractivity contribution in [2.45, 2.75) is 18.9 Å². The van der Waals surface area contributed by atoms with Crippen LogP contribution in [0.3, 0.4) is 0 Å². The normalized spacial score (nSPS) is 27.4. The van der Waals surface area contributed by atoms with Crippen LogP contribution in [0.15, 0.2) is 28.3 Å². The van der Waals surface area contributed by atoms with E-state index in [1.54, 1.807) is 17.1 Å². The maximum atomic E-state index is 11.7. The van der Waals surface area contributed by atoms with Gasteiger partial charge in [-0.25, -0.2) is 0 Å². The van der Waals surface area contributed by atoms with Gasteiger partial charge in [0.2, 0.25) is 0 Å². The fraction of sp³-hybridized carbons (Fsp3) is 0.545. The molecule has 1 aromatic heterocycles. The zero-order valence-corrected chi connectivity index (χ0v) is 8.87. The second-order valence-electron chi connectivity index (χ2n) is 4.65. The Bertz CT molecular complexity index is 482. The molecular weight excluding hydrogens is 206 g/mol. The number of aromatic nitrogens is 1. The SMILES string of the molecule is O=NN1C[C@@H]2C[C@@H](C1)c1cccc(=O)n1C2. The monoisotopic (exact) mass is 219 g/mol. The molecule has 0 saturated carbocycles. The largest absolute Gasteiger partial charge is 0.312 e. The third-order valence-electron chi connectivity index (χ3n) is 3.58. The van der Waals surface area contributed by atoms with Crippen LogP contribution in [0, 0.1) is 10.8 Å². The average molecular weight is 219 g/mol. The smallest absolute Gasteiger partial charge is 0.250 e. The van der Waals surface area contributed by atoms with Gasteiger partial charge in [-0.2, -0.15) is 0 Å². The van der Waals surface area contributed by atoms with Gasteiger partial charge < -0.3 is 4.57 Å². The summed E-state index contributed by atoms with van der Waals surface area (Å²) in [6.07, 6.45) is 1.06. The third-order valence-corrected chi connectivity index (χ3v) is 3.58. The van der Waals surface area contributed by atoms with Crippen LogP contribution in [-0.2, 0) is 6.54 Å². The molecule has 0 aliphatic carbocycles. The zero-order valence-electron chi connectivity index (χ0n) is 8.87. The molecular formula is C11H13N3O2. The van der Waals surface area contributed by atoms with Gasteiger partial charge in [-0.3, -0.25) is 9.80 Å². The number of piperidine rings is 1. The van der Waals surface area contributed by atoms with E-state index in [4.69, 9.17) is 0 Å². The molecule has 2 bridgehead atoms. The highest BCUT2D eigenvalue weighted by atomic mass is 16.3. The molecule has 5 heteroatoms. The van der Waals surface area contributed by atoms with Crippen molar-refractivity contribution >= 4 is 0 Å². The molecule has 1 saturated heterocycles. The molecule has 0 amide bonds. The van der Waals surface area contributed by atoms with Crippen LogP contribution in [-0.4, -0.2) is 22.7 Å². The van der Waals surface area contributed by atoms with Gasteiger partial charge in [0, 0.05) is 37.3 Å². The standard InChI is InChI=1S/C11H13N3O2/c15-11-3-1-2-10-9-4-8(6-14(10)11)5-13(7-9)12-16/h1-3,8-9H,4-7H2/t8-,9-/m0/s1. The van der Waals surface area contributed by atoms with E-state index in [-0.39, 0.29) is 11.5 Å². The van der Waals surface area contributed by atoms with Crippen molar-refractivity contribution in [1.29, 1.82) is 0 Å². The lowest BCUT2D eigenvalue weighted by atomic mass is 9.84. The Hall–Kier alpha value is -1.65. The molecule has 0 radical (unpaired) electrons. The minimum atomic E-state index is 0.0692. The van der Waals surface area contributed by atoms with Gasteiger partial charge >= 0.3 is 0 Å². The lowest BCUT2D eigenvalue weighted by Gasteiger charge is -2.40. The summed E-state index contributed by atoms with van der Waals surface area (Å²) in [4.78, 5) is 22.3. The topological polar surface area (TPSA) is 54.7 Å². The molecule has 0 spiro atoms. The average Bonchev–Trinajstić information content (AvgIpc) is 2.30. The second-order valence-corrected chi connectivity index (χ2v) is 4.65. The van der Waals surface area contributed by atoms with Gasteiger partial charge in [0.15, 0.2) is 0 Å². The minimum absolute atomic E-state index is 0.0692. The molecule has 2 aliphatic rings. The van der Waals surface area contributed by atoms with Gasteiger partial charge in [0.25, 0.3) is 5.56 Å². The van der Waals surface area contributed by atoms with Gasteiger partial charge in [-0.1, -0.05) is 6.07 Å². The number of fused-ring (bicyclic) bond motifs is 4. The van der Waals surface area contributed by atoms with E-state index < -0.39 is 0 Å². The molecule has 0 aromatic carbocycles. The van der Waals surface area contributed by atoms with Crippen molar-refractivity contribution in [3.8, 4) is 0 Å². The fourth-order valence-electron chi connectivity index (χ4n) is 2.94. The Morgan fingerprint density at radius 2 is 2.12 bits per heavy atom. The van der Waals surface area contributed by atoms with Crippen molar-refractivity contribution in [3.63, 3.8) is 0 Å². The Kier molecular flexibility index (Phi) is 2.05. The maximum absolute atomic E-state index is 11.7. The van der Waals surface area contributed by atoms with Crippen LogP contribution in [0.4, 0.5) is 0 Å². The number of nitrogens with zero attached hydrogens (tertiary/aromatic N) is 3. The quantitative estimate of drug-likeness (QED) is 0.661. The van der Waals surface area contributed by atoms with Gasteiger partial charge in [0.05, 0.1) is 5.29 Å². The van der Waals surface area contributed by atoms with Crippen LogP contribution >= 0.6 is 0 Å². The highest BCUT2D eigenvalue weighted by Gasteiger charge is 2.34. The Labute approximate surface area is 92.6 Å². The van der Waals surface area contributed by atoms with E-state index in [0.29, 0.717) is 19.0 Å². The third kappa shape index (κ3) is 1.35. The number of hydrogen-bond acceptors (Lipinski definition) is 3. The van der Waals surface area contributed by atoms with E-state index in [0.717, 1.165) is 18.7 Å². The van der Waals surface area contributed by atoms with E-state index in [9.17, 15) is 9.70 Å². The summed E-state index contributed by atoms with van der Waals surface area (Å²) in [6.45, 7) is 2.04. The molecule has 0 N–H and O–H groups in total. The first-order valence-corrected chi connectivity index (χ1v) is 5.56. The first-order valence-electron chi connectivity index (χ1n) is 5.56. The highest BCUT2D eigenvalue weighted by molar-refractivity contribution is 5.16. The van der Waals surface area contributed by atoms with Crippen molar-refractivity contribution < 1.29 is 0 Å². The Balaban J connectivity index is 2.05. The Morgan fingerprint density at radius 3 is 2.94 bits per heavy atom.